The van der Waals surface area contributed by atoms with Crippen molar-refractivity contribution in [3.8, 4) is 22.5 Å². The number of thioether (sulfide) groups is 1. The summed E-state index contributed by atoms with van der Waals surface area (Å²) in [7, 11) is 0. The van der Waals surface area contributed by atoms with E-state index in [4.69, 9.17) is 4.98 Å². The first-order chi connectivity index (χ1) is 14.2. The van der Waals surface area contributed by atoms with Crippen molar-refractivity contribution in [1.82, 2.24) is 20.5 Å². The number of nitrogens with one attached hydrogen (secondary N) is 1. The summed E-state index contributed by atoms with van der Waals surface area (Å²) in [5.41, 5.74) is 3.45. The molecule has 0 saturated heterocycles. The number of unbranched alkanes of at least 4 members (excludes halogenated alkanes) is 1. The van der Waals surface area contributed by atoms with Gasteiger partial charge in [-0.2, -0.15) is 0 Å². The van der Waals surface area contributed by atoms with Gasteiger partial charge >= 0.3 is 0 Å². The van der Waals surface area contributed by atoms with Crippen molar-refractivity contribution in [3.05, 3.63) is 60.7 Å². The molecule has 0 fully saturated rings. The van der Waals surface area contributed by atoms with Gasteiger partial charge in [-0.25, -0.2) is 4.98 Å². The topological polar surface area (TPSA) is 67.8 Å². The third-order valence-electron chi connectivity index (χ3n) is 4.50. The summed E-state index contributed by atoms with van der Waals surface area (Å²) < 4.78 is 0. The van der Waals surface area contributed by atoms with Gasteiger partial charge in [0.25, 0.3) is 0 Å². The molecule has 0 spiro atoms. The van der Waals surface area contributed by atoms with Gasteiger partial charge in [0.2, 0.25) is 11.1 Å². The van der Waals surface area contributed by atoms with Gasteiger partial charge in [0.1, 0.15) is 11.4 Å². The molecule has 1 heterocycles. The molecule has 0 unspecified atom stereocenters. The quantitative estimate of drug-likeness (QED) is 0.400. The second-order valence-corrected chi connectivity index (χ2v) is 7.85. The van der Waals surface area contributed by atoms with Crippen LogP contribution in [0.1, 0.15) is 33.1 Å². The summed E-state index contributed by atoms with van der Waals surface area (Å²) in [6.07, 6.45) is 2.74. The summed E-state index contributed by atoms with van der Waals surface area (Å²) in [5, 5.41) is 12.1. The summed E-state index contributed by atoms with van der Waals surface area (Å²) in [6, 6.07) is 19.9. The summed E-state index contributed by atoms with van der Waals surface area (Å²) >= 11 is 1.37. The van der Waals surface area contributed by atoms with E-state index in [1.54, 1.807) is 0 Å². The van der Waals surface area contributed by atoms with Crippen LogP contribution in [-0.2, 0) is 4.79 Å². The summed E-state index contributed by atoms with van der Waals surface area (Å²) in [5.74, 6) is 0.0305. The minimum absolute atomic E-state index is 0.0305. The van der Waals surface area contributed by atoms with Gasteiger partial charge in [-0.3, -0.25) is 4.79 Å². The van der Waals surface area contributed by atoms with E-state index in [0.717, 1.165) is 35.4 Å². The van der Waals surface area contributed by atoms with Crippen molar-refractivity contribution in [3.63, 3.8) is 0 Å². The van der Waals surface area contributed by atoms with E-state index >= 15 is 0 Å². The first-order valence-corrected chi connectivity index (χ1v) is 10.9. The van der Waals surface area contributed by atoms with Crippen LogP contribution in [0.2, 0.25) is 0 Å². The molecule has 0 aliphatic heterocycles. The first-order valence-electron chi connectivity index (χ1n) is 10.0. The van der Waals surface area contributed by atoms with Gasteiger partial charge in [-0.1, -0.05) is 92.7 Å². The van der Waals surface area contributed by atoms with Gasteiger partial charge in [-0.05, 0) is 12.8 Å². The van der Waals surface area contributed by atoms with Crippen molar-refractivity contribution in [2.24, 2.45) is 0 Å². The monoisotopic (exact) mass is 406 g/mol. The molecule has 3 rings (SSSR count). The smallest absolute Gasteiger partial charge is 0.233 e. The lowest BCUT2D eigenvalue weighted by atomic mass is 10.0. The van der Waals surface area contributed by atoms with Crippen molar-refractivity contribution in [2.75, 3.05) is 6.54 Å². The molecule has 3 aromatic rings. The maximum Gasteiger partial charge on any atom is 0.233 e. The molecule has 0 saturated carbocycles. The molecule has 0 radical (unpaired) electrons. The van der Waals surface area contributed by atoms with Gasteiger partial charge in [0.05, 0.1) is 5.25 Å². The number of aromatic nitrogens is 3. The van der Waals surface area contributed by atoms with Gasteiger partial charge in [-0.15, -0.1) is 10.2 Å². The maximum atomic E-state index is 12.5. The summed E-state index contributed by atoms with van der Waals surface area (Å²) in [4.78, 5) is 17.3. The molecule has 29 heavy (non-hydrogen) atoms. The van der Waals surface area contributed by atoms with Crippen LogP contribution in [0.4, 0.5) is 0 Å². The Labute approximate surface area is 176 Å². The Morgan fingerprint density at radius 3 is 2.14 bits per heavy atom. The molecule has 0 aliphatic carbocycles. The number of carbonyl (C=O) groups excluding carboxylic acids is 1. The number of rotatable bonds is 9. The average molecular weight is 407 g/mol. The number of benzene rings is 2. The second kappa shape index (κ2) is 10.7. The molecule has 1 atom stereocenters. The fraction of sp³-hybridized carbons (Fsp3) is 0.304. The zero-order valence-corrected chi connectivity index (χ0v) is 17.7. The van der Waals surface area contributed by atoms with Crippen LogP contribution >= 0.6 is 11.8 Å². The number of hydrogen-bond acceptors (Lipinski definition) is 5. The van der Waals surface area contributed by atoms with E-state index in [1.165, 1.54) is 11.8 Å². The highest BCUT2D eigenvalue weighted by Gasteiger charge is 2.21. The fourth-order valence-corrected chi connectivity index (χ4v) is 3.74. The Hall–Kier alpha value is -2.73. The Morgan fingerprint density at radius 1 is 0.931 bits per heavy atom. The molecule has 0 bridgehead atoms. The summed E-state index contributed by atoms with van der Waals surface area (Å²) in [6.45, 7) is 4.81. The Morgan fingerprint density at radius 2 is 1.55 bits per heavy atom. The van der Waals surface area contributed by atoms with Gasteiger partial charge in [0, 0.05) is 17.7 Å². The lowest BCUT2D eigenvalue weighted by molar-refractivity contribution is -0.120. The Kier molecular flexibility index (Phi) is 7.76. The molecule has 1 N–H and O–H groups in total. The van der Waals surface area contributed by atoms with Crippen LogP contribution in [0.15, 0.2) is 65.8 Å². The molecule has 1 aromatic heterocycles. The maximum absolute atomic E-state index is 12.5. The normalized spacial score (nSPS) is 11.8. The molecular weight excluding hydrogens is 380 g/mol. The molecular formula is C23H26N4OS. The number of amides is 1. The molecule has 150 valence electrons. The lowest BCUT2D eigenvalue weighted by Gasteiger charge is -2.14. The van der Waals surface area contributed by atoms with Crippen molar-refractivity contribution in [2.45, 2.75) is 43.5 Å². The molecule has 1 amide bonds. The van der Waals surface area contributed by atoms with Crippen LogP contribution in [0.5, 0.6) is 0 Å². The third kappa shape index (κ3) is 5.64. The van der Waals surface area contributed by atoms with Crippen molar-refractivity contribution < 1.29 is 4.79 Å². The van der Waals surface area contributed by atoms with Crippen LogP contribution < -0.4 is 5.32 Å². The predicted octanol–water partition coefficient (Wildman–Crippen LogP) is 4.99. The van der Waals surface area contributed by atoms with Crippen LogP contribution in [0.3, 0.4) is 0 Å². The van der Waals surface area contributed by atoms with E-state index in [9.17, 15) is 4.79 Å². The van der Waals surface area contributed by atoms with Gasteiger partial charge < -0.3 is 5.32 Å². The Bertz CT molecular complexity index is 919. The average Bonchev–Trinajstić information content (AvgIpc) is 2.78. The minimum Gasteiger partial charge on any atom is -0.355 e. The van der Waals surface area contributed by atoms with Gasteiger partial charge in [0.15, 0.2) is 0 Å². The second-order valence-electron chi connectivity index (χ2n) is 6.68. The van der Waals surface area contributed by atoms with Crippen LogP contribution in [0, 0.1) is 0 Å². The standard InChI is InChI=1S/C23H26N4OS/c1-3-5-16-24-22(28)19(4-2)29-23-25-20(17-12-8-6-9-13-17)21(26-27-23)18-14-10-7-11-15-18/h6-15,19H,3-5,16H2,1-2H3,(H,24,28)/t19-/m0/s1. The zero-order valence-electron chi connectivity index (χ0n) is 16.8. The van der Waals surface area contributed by atoms with E-state index in [0.29, 0.717) is 18.1 Å². The molecule has 0 aliphatic rings. The van der Waals surface area contributed by atoms with E-state index in [1.807, 2.05) is 67.6 Å². The minimum atomic E-state index is -0.236. The number of nitrogens with zero attached hydrogens (tertiary/aromatic N) is 3. The van der Waals surface area contributed by atoms with E-state index < -0.39 is 0 Å². The molecule has 5 nitrogen and oxygen atoms in total. The number of carbonyl (C=O) groups is 1. The van der Waals surface area contributed by atoms with Crippen LogP contribution in [0.25, 0.3) is 22.5 Å². The van der Waals surface area contributed by atoms with Crippen molar-refractivity contribution >= 4 is 17.7 Å². The van der Waals surface area contributed by atoms with E-state index in [2.05, 4.69) is 22.4 Å². The Balaban J connectivity index is 1.90. The molecule has 6 heteroatoms. The highest BCUT2D eigenvalue weighted by molar-refractivity contribution is 8.00. The number of hydrogen-bond donors (Lipinski definition) is 1. The highest BCUT2D eigenvalue weighted by atomic mass is 32.2. The fourth-order valence-electron chi connectivity index (χ4n) is 2.90. The van der Waals surface area contributed by atoms with E-state index in [-0.39, 0.29) is 11.2 Å². The largest absolute Gasteiger partial charge is 0.355 e. The highest BCUT2D eigenvalue weighted by Crippen LogP contribution is 2.31. The first kappa shape index (κ1) is 21.0. The SMILES string of the molecule is CCCCNC(=O)[C@H](CC)Sc1nnc(-c2ccccc2)c(-c2ccccc2)n1. The zero-order chi connectivity index (χ0) is 20.5. The van der Waals surface area contributed by atoms with Crippen LogP contribution in [-0.4, -0.2) is 32.9 Å². The third-order valence-corrected chi connectivity index (χ3v) is 5.72. The molecule has 2 aromatic carbocycles. The predicted molar refractivity (Wildman–Crippen MR) is 119 cm³/mol. The van der Waals surface area contributed by atoms with Crippen molar-refractivity contribution in [1.29, 1.82) is 0 Å². The lowest BCUT2D eigenvalue weighted by Crippen LogP contribution is -2.33.